The van der Waals surface area contributed by atoms with Gasteiger partial charge in [0.15, 0.2) is 0 Å². The quantitative estimate of drug-likeness (QED) is 0.470. The van der Waals surface area contributed by atoms with Gasteiger partial charge in [-0.1, -0.05) is 18.2 Å². The minimum atomic E-state index is -1.02. The number of methoxy groups -OCH3 is 1. The molecule has 1 aliphatic heterocycles. The lowest BCUT2D eigenvalue weighted by Gasteiger charge is -2.34. The van der Waals surface area contributed by atoms with E-state index in [9.17, 15) is 14.3 Å². The number of aliphatic hydroxyl groups excluding tert-OH is 1. The number of rotatable bonds is 5. The van der Waals surface area contributed by atoms with Crippen molar-refractivity contribution < 1.29 is 14.2 Å². The number of ether oxygens (including phenoxy) is 1. The molecule has 0 spiro atoms. The van der Waals surface area contributed by atoms with Crippen molar-refractivity contribution in [3.63, 3.8) is 0 Å². The number of nitrogens with one attached hydrogen (secondary N) is 1. The number of nitrogens with zero attached hydrogens (tertiary/aromatic N) is 4. The lowest BCUT2D eigenvalue weighted by atomic mass is 9.86. The molecule has 4 aromatic rings. The number of aromatic nitrogens is 4. The van der Waals surface area contributed by atoms with Gasteiger partial charge in [0.1, 0.15) is 22.5 Å². The number of aromatic amines is 1. The third-order valence-electron chi connectivity index (χ3n) is 6.25. The fourth-order valence-electron chi connectivity index (χ4n) is 4.50. The Morgan fingerprint density at radius 1 is 1.26 bits per heavy atom. The highest BCUT2D eigenvalue weighted by atomic mass is 19.1. The maximum absolute atomic E-state index is 13.5. The predicted molar refractivity (Wildman–Crippen MR) is 124 cm³/mol. The van der Waals surface area contributed by atoms with E-state index in [1.807, 2.05) is 35.9 Å². The highest BCUT2D eigenvalue weighted by Crippen LogP contribution is 2.29. The van der Waals surface area contributed by atoms with E-state index in [1.165, 1.54) is 16.7 Å². The van der Waals surface area contributed by atoms with E-state index in [-0.39, 0.29) is 18.0 Å². The third-order valence-corrected chi connectivity index (χ3v) is 6.25. The molecule has 1 aliphatic rings. The Kier molecular flexibility index (Phi) is 5.41. The van der Waals surface area contributed by atoms with Crippen LogP contribution in [0.5, 0.6) is 5.75 Å². The highest BCUT2D eigenvalue weighted by molar-refractivity contribution is 5.58. The second-order valence-electron chi connectivity index (χ2n) is 8.33. The maximum Gasteiger partial charge on any atom is 0.277 e. The molecule has 8 nitrogen and oxygen atoms in total. The average molecular weight is 461 g/mol. The molecule has 1 unspecified atom stereocenters. The number of aryl methyl sites for hydroxylation is 1. The second-order valence-corrected chi connectivity index (χ2v) is 8.33. The van der Waals surface area contributed by atoms with Gasteiger partial charge in [0.25, 0.3) is 5.56 Å². The summed E-state index contributed by atoms with van der Waals surface area (Å²) in [5, 5.41) is 10.7. The van der Waals surface area contributed by atoms with Crippen molar-refractivity contribution in [2.45, 2.75) is 18.9 Å². The van der Waals surface area contributed by atoms with Crippen LogP contribution in [0.1, 0.15) is 23.2 Å². The predicted octanol–water partition coefficient (Wildman–Crippen LogP) is 1.41. The first-order valence-corrected chi connectivity index (χ1v) is 10.9. The Balaban J connectivity index is 1.63. The number of H-pyrrole nitrogens is 1. The van der Waals surface area contributed by atoms with Crippen LogP contribution in [0.3, 0.4) is 0 Å². The largest absolute Gasteiger partial charge is 0.495 e. The number of halogens is 1. The van der Waals surface area contributed by atoms with Gasteiger partial charge in [-0.15, -0.1) is 0 Å². The van der Waals surface area contributed by atoms with Crippen LogP contribution >= 0.6 is 0 Å². The molecule has 5 rings (SSSR count). The molecule has 0 aliphatic carbocycles. The van der Waals surface area contributed by atoms with Gasteiger partial charge in [0.2, 0.25) is 5.62 Å². The van der Waals surface area contributed by atoms with E-state index in [4.69, 9.17) is 4.74 Å². The molecular formula is C25H24FN5O3. The maximum atomic E-state index is 13.5. The number of aliphatic hydroxyl groups is 1. The van der Waals surface area contributed by atoms with E-state index in [1.54, 1.807) is 31.6 Å². The fraction of sp³-hybridized carbons (Fsp3) is 0.240. The number of imidazole rings is 2. The zero-order valence-electron chi connectivity index (χ0n) is 18.8. The summed E-state index contributed by atoms with van der Waals surface area (Å²) in [6.07, 6.45) is 5.76. The number of benzene rings is 2. The van der Waals surface area contributed by atoms with Crippen molar-refractivity contribution in [3.05, 3.63) is 98.9 Å². The molecule has 3 heterocycles. The lowest BCUT2D eigenvalue weighted by molar-refractivity contribution is 0.144. The van der Waals surface area contributed by atoms with Crippen molar-refractivity contribution in [1.82, 2.24) is 19.1 Å². The average Bonchev–Trinajstić information content (AvgIpc) is 3.42. The second kappa shape index (κ2) is 8.42. The molecule has 2 aromatic carbocycles. The van der Waals surface area contributed by atoms with Crippen LogP contribution < -0.4 is 21.3 Å². The SMILES string of the molecule is COc1cc(C=c2[nH]c3n(c2=O)C(CO)(c2ccc(F)cc2)CCN=3)ccc1-n1cnc(C)c1. The van der Waals surface area contributed by atoms with Crippen molar-refractivity contribution in [2.24, 2.45) is 4.99 Å². The smallest absolute Gasteiger partial charge is 0.277 e. The Morgan fingerprint density at radius 2 is 2.06 bits per heavy atom. The number of hydrogen-bond acceptors (Lipinski definition) is 5. The molecule has 0 fully saturated rings. The van der Waals surface area contributed by atoms with Gasteiger partial charge in [-0.2, -0.15) is 0 Å². The highest BCUT2D eigenvalue weighted by Gasteiger charge is 2.38. The molecule has 2 aromatic heterocycles. The van der Waals surface area contributed by atoms with Crippen LogP contribution in [0, 0.1) is 12.7 Å². The van der Waals surface area contributed by atoms with Crippen LogP contribution in [0.4, 0.5) is 4.39 Å². The van der Waals surface area contributed by atoms with Crippen LogP contribution in [0.2, 0.25) is 0 Å². The van der Waals surface area contributed by atoms with Crippen molar-refractivity contribution in [2.75, 3.05) is 20.3 Å². The fourth-order valence-corrected chi connectivity index (χ4v) is 4.50. The number of fused-ring (bicyclic) bond motifs is 1. The summed E-state index contributed by atoms with van der Waals surface area (Å²) in [6.45, 7) is 2.02. The Bertz CT molecular complexity index is 1530. The van der Waals surface area contributed by atoms with Gasteiger partial charge in [-0.3, -0.25) is 14.4 Å². The normalized spacial score (nSPS) is 17.9. The van der Waals surface area contributed by atoms with E-state index in [0.717, 1.165) is 16.9 Å². The van der Waals surface area contributed by atoms with Gasteiger partial charge < -0.3 is 19.4 Å². The van der Waals surface area contributed by atoms with Gasteiger partial charge in [0, 0.05) is 12.7 Å². The molecule has 0 saturated carbocycles. The van der Waals surface area contributed by atoms with Crippen molar-refractivity contribution >= 4 is 6.08 Å². The summed E-state index contributed by atoms with van der Waals surface area (Å²) in [7, 11) is 1.59. The monoisotopic (exact) mass is 461 g/mol. The third kappa shape index (κ3) is 3.54. The Morgan fingerprint density at radius 3 is 2.74 bits per heavy atom. The summed E-state index contributed by atoms with van der Waals surface area (Å²) in [6, 6.07) is 11.5. The van der Waals surface area contributed by atoms with Crippen LogP contribution in [0.15, 0.2) is 64.8 Å². The molecule has 0 bridgehead atoms. The lowest BCUT2D eigenvalue weighted by Crippen LogP contribution is -2.53. The standard InChI is InChI=1S/C25H24FN5O3/c1-16-13-30(15-28-16)21-8-3-17(12-22(21)34-2)11-20-23(33)31-24(29-20)27-10-9-25(31,14-32)18-4-6-19(26)7-5-18/h3-8,11-13,15,32H,9-10,14H2,1-2H3,(H,27,29). The minimum Gasteiger partial charge on any atom is -0.495 e. The van der Waals surface area contributed by atoms with E-state index in [0.29, 0.717) is 35.2 Å². The number of hydrogen-bond donors (Lipinski definition) is 2. The molecule has 9 heteroatoms. The van der Waals surface area contributed by atoms with E-state index < -0.39 is 5.54 Å². The molecule has 174 valence electrons. The van der Waals surface area contributed by atoms with Gasteiger partial charge in [-0.05, 0) is 54.8 Å². The summed E-state index contributed by atoms with van der Waals surface area (Å²) in [5.74, 6) is 0.250. The summed E-state index contributed by atoms with van der Waals surface area (Å²) in [5.41, 5.74) is 2.16. The Hall–Kier alpha value is -3.98. The minimum absolute atomic E-state index is 0.314. The Labute approximate surface area is 194 Å². The molecule has 2 N–H and O–H groups in total. The first kappa shape index (κ1) is 21.8. The first-order chi connectivity index (χ1) is 16.4. The van der Waals surface area contributed by atoms with Gasteiger partial charge in [0.05, 0.1) is 31.4 Å². The van der Waals surface area contributed by atoms with Crippen LogP contribution in [-0.2, 0) is 5.54 Å². The topological polar surface area (TPSA) is 97.4 Å². The van der Waals surface area contributed by atoms with Crippen LogP contribution in [-0.4, -0.2) is 44.5 Å². The van der Waals surface area contributed by atoms with Gasteiger partial charge in [-0.25, -0.2) is 9.37 Å². The van der Waals surface area contributed by atoms with E-state index in [2.05, 4.69) is 15.0 Å². The first-order valence-electron chi connectivity index (χ1n) is 10.9. The zero-order valence-corrected chi connectivity index (χ0v) is 18.8. The van der Waals surface area contributed by atoms with Gasteiger partial charge >= 0.3 is 0 Å². The summed E-state index contributed by atoms with van der Waals surface area (Å²) in [4.78, 5) is 25.3. The van der Waals surface area contributed by atoms with Crippen molar-refractivity contribution in [3.8, 4) is 11.4 Å². The van der Waals surface area contributed by atoms with E-state index >= 15 is 0 Å². The molecule has 0 amide bonds. The molecular weight excluding hydrogens is 437 g/mol. The summed E-state index contributed by atoms with van der Waals surface area (Å²) < 4.78 is 22.5. The molecule has 1 atom stereocenters. The molecule has 0 saturated heterocycles. The molecule has 0 radical (unpaired) electrons. The zero-order chi connectivity index (χ0) is 23.9. The van der Waals surface area contributed by atoms with Crippen LogP contribution in [0.25, 0.3) is 11.8 Å². The molecule has 34 heavy (non-hydrogen) atoms. The van der Waals surface area contributed by atoms with Crippen molar-refractivity contribution in [1.29, 1.82) is 0 Å². The summed E-state index contributed by atoms with van der Waals surface area (Å²) >= 11 is 0.